The van der Waals surface area contributed by atoms with E-state index < -0.39 is 0 Å². The first-order valence-corrected chi connectivity index (χ1v) is 8.59. The van der Waals surface area contributed by atoms with E-state index in [9.17, 15) is 5.11 Å². The smallest absolute Gasteiger partial charge is 0.0704 e. The topological polar surface area (TPSA) is 32.3 Å². The molecule has 0 bridgehead atoms. The zero-order valence-electron chi connectivity index (χ0n) is 11.2. The van der Waals surface area contributed by atoms with Gasteiger partial charge in [-0.25, -0.2) is 0 Å². The van der Waals surface area contributed by atoms with E-state index >= 15 is 0 Å². The van der Waals surface area contributed by atoms with E-state index in [0.29, 0.717) is 6.04 Å². The summed E-state index contributed by atoms with van der Waals surface area (Å²) < 4.78 is 1.21. The quantitative estimate of drug-likeness (QED) is 0.864. The lowest BCUT2D eigenvalue weighted by atomic mass is 9.92. The van der Waals surface area contributed by atoms with Crippen molar-refractivity contribution in [1.82, 2.24) is 5.32 Å². The van der Waals surface area contributed by atoms with Gasteiger partial charge in [0.25, 0.3) is 0 Å². The van der Waals surface area contributed by atoms with Crippen LogP contribution < -0.4 is 5.32 Å². The molecule has 0 aliphatic heterocycles. The van der Waals surface area contributed by atoms with Crippen LogP contribution in [0, 0.1) is 0 Å². The van der Waals surface area contributed by atoms with Crippen molar-refractivity contribution in [2.45, 2.75) is 31.3 Å². The number of aryl methyl sites for hydroxylation is 1. The van der Waals surface area contributed by atoms with Crippen LogP contribution in [0.25, 0.3) is 0 Å². The Kier molecular flexibility index (Phi) is 4.56. The number of thiophene rings is 1. The van der Waals surface area contributed by atoms with Crippen molar-refractivity contribution in [3.05, 3.63) is 56.2 Å². The molecule has 0 saturated carbocycles. The summed E-state index contributed by atoms with van der Waals surface area (Å²) in [6, 6.07) is 12.8. The molecule has 106 valence electrons. The van der Waals surface area contributed by atoms with Crippen LogP contribution in [0.15, 0.2) is 40.2 Å². The van der Waals surface area contributed by atoms with E-state index in [-0.39, 0.29) is 12.6 Å². The minimum Gasteiger partial charge on any atom is -0.394 e. The van der Waals surface area contributed by atoms with Gasteiger partial charge in [-0.1, -0.05) is 30.3 Å². The molecular weight excluding hydrogens is 334 g/mol. The molecule has 0 fully saturated rings. The van der Waals surface area contributed by atoms with Crippen molar-refractivity contribution >= 4 is 27.3 Å². The van der Waals surface area contributed by atoms with Crippen LogP contribution in [0.4, 0.5) is 0 Å². The van der Waals surface area contributed by atoms with Crippen molar-refractivity contribution in [1.29, 1.82) is 0 Å². The molecular formula is C16H18BrNOS. The molecule has 2 N–H and O–H groups in total. The molecule has 1 aliphatic rings. The SMILES string of the molecule is OC[C@@H](NC1CCCc2sc(Br)cc21)c1ccccc1. The van der Waals surface area contributed by atoms with Gasteiger partial charge in [0.15, 0.2) is 0 Å². The Labute approximate surface area is 132 Å². The molecule has 1 aliphatic carbocycles. The van der Waals surface area contributed by atoms with E-state index in [1.54, 1.807) is 0 Å². The molecule has 3 rings (SSSR count). The second-order valence-corrected chi connectivity index (χ2v) is 7.70. The highest BCUT2D eigenvalue weighted by atomic mass is 79.9. The van der Waals surface area contributed by atoms with Crippen molar-refractivity contribution in [2.24, 2.45) is 0 Å². The van der Waals surface area contributed by atoms with Crippen LogP contribution in [0.2, 0.25) is 0 Å². The number of halogens is 1. The van der Waals surface area contributed by atoms with Gasteiger partial charge in [-0.05, 0) is 52.4 Å². The van der Waals surface area contributed by atoms with E-state index in [0.717, 1.165) is 12.0 Å². The van der Waals surface area contributed by atoms with Gasteiger partial charge < -0.3 is 10.4 Å². The van der Waals surface area contributed by atoms with Gasteiger partial charge >= 0.3 is 0 Å². The third-order valence-electron chi connectivity index (χ3n) is 3.87. The minimum atomic E-state index is 0.00539. The molecule has 2 nitrogen and oxygen atoms in total. The number of aliphatic hydroxyl groups excluding tert-OH is 1. The number of hydrogen-bond donors (Lipinski definition) is 2. The van der Waals surface area contributed by atoms with Gasteiger partial charge in [0.05, 0.1) is 16.4 Å². The lowest BCUT2D eigenvalue weighted by molar-refractivity contribution is 0.228. The lowest BCUT2D eigenvalue weighted by Crippen LogP contribution is -2.30. The van der Waals surface area contributed by atoms with E-state index in [2.05, 4.69) is 39.4 Å². The van der Waals surface area contributed by atoms with Crippen LogP contribution in [0.1, 0.15) is 40.9 Å². The van der Waals surface area contributed by atoms with Gasteiger partial charge in [0.1, 0.15) is 0 Å². The largest absolute Gasteiger partial charge is 0.394 e. The summed E-state index contributed by atoms with van der Waals surface area (Å²) in [4.78, 5) is 1.48. The van der Waals surface area contributed by atoms with Crippen LogP contribution in [-0.4, -0.2) is 11.7 Å². The maximum atomic E-state index is 9.69. The molecule has 4 heteroatoms. The molecule has 1 heterocycles. The summed E-state index contributed by atoms with van der Waals surface area (Å²) >= 11 is 5.43. The lowest BCUT2D eigenvalue weighted by Gasteiger charge is -2.28. The number of aliphatic hydroxyl groups is 1. The first-order valence-electron chi connectivity index (χ1n) is 6.98. The summed E-state index contributed by atoms with van der Waals surface area (Å²) in [5, 5.41) is 13.3. The van der Waals surface area contributed by atoms with Gasteiger partial charge in [-0.3, -0.25) is 0 Å². The Bertz CT molecular complexity index is 569. The Morgan fingerprint density at radius 3 is 2.90 bits per heavy atom. The van der Waals surface area contributed by atoms with Crippen molar-refractivity contribution in [3.8, 4) is 0 Å². The molecule has 0 saturated heterocycles. The Balaban J connectivity index is 1.80. The van der Waals surface area contributed by atoms with E-state index in [4.69, 9.17) is 0 Å². The molecule has 20 heavy (non-hydrogen) atoms. The zero-order chi connectivity index (χ0) is 13.9. The molecule has 0 amide bonds. The maximum absolute atomic E-state index is 9.69. The van der Waals surface area contributed by atoms with Gasteiger partial charge in [-0.15, -0.1) is 11.3 Å². The first kappa shape index (κ1) is 14.3. The summed E-state index contributed by atoms with van der Waals surface area (Å²) in [6.45, 7) is 0.126. The summed E-state index contributed by atoms with van der Waals surface area (Å²) in [6.07, 6.45) is 3.53. The highest BCUT2D eigenvalue weighted by Gasteiger charge is 2.25. The Morgan fingerprint density at radius 2 is 2.15 bits per heavy atom. The third-order valence-corrected chi connectivity index (χ3v) is 5.58. The Hall–Kier alpha value is -0.680. The molecule has 1 unspecified atom stereocenters. The van der Waals surface area contributed by atoms with Crippen LogP contribution >= 0.6 is 27.3 Å². The van der Waals surface area contributed by atoms with E-state index in [1.807, 2.05) is 29.5 Å². The molecule has 0 radical (unpaired) electrons. The molecule has 2 aromatic rings. The average Bonchev–Trinajstić information content (AvgIpc) is 2.86. The minimum absolute atomic E-state index is 0.00539. The molecule has 0 spiro atoms. The van der Waals surface area contributed by atoms with Crippen molar-refractivity contribution < 1.29 is 5.11 Å². The van der Waals surface area contributed by atoms with Crippen LogP contribution in [0.3, 0.4) is 0 Å². The fraction of sp³-hybridized carbons (Fsp3) is 0.375. The Morgan fingerprint density at radius 1 is 1.35 bits per heavy atom. The van der Waals surface area contributed by atoms with Crippen LogP contribution in [-0.2, 0) is 6.42 Å². The van der Waals surface area contributed by atoms with Crippen molar-refractivity contribution in [2.75, 3.05) is 6.61 Å². The standard InChI is InChI=1S/C16H18BrNOS/c17-16-9-12-13(7-4-8-15(12)20-16)18-14(10-19)11-5-2-1-3-6-11/h1-3,5-6,9,13-14,18-19H,4,7-8,10H2/t13?,14-/m1/s1. The highest BCUT2D eigenvalue weighted by Crippen LogP contribution is 2.38. The number of hydrogen-bond acceptors (Lipinski definition) is 3. The predicted molar refractivity (Wildman–Crippen MR) is 87.1 cm³/mol. The summed E-state index contributed by atoms with van der Waals surface area (Å²) in [5.41, 5.74) is 2.55. The van der Waals surface area contributed by atoms with Gasteiger partial charge in [0.2, 0.25) is 0 Å². The first-order chi connectivity index (χ1) is 9.78. The molecule has 2 atom stereocenters. The third kappa shape index (κ3) is 2.98. The predicted octanol–water partition coefficient (Wildman–Crippen LogP) is 4.21. The number of nitrogens with one attached hydrogen (secondary N) is 1. The second-order valence-electron chi connectivity index (χ2n) is 5.19. The fourth-order valence-electron chi connectivity index (χ4n) is 2.88. The molecule has 1 aromatic heterocycles. The average molecular weight is 352 g/mol. The zero-order valence-corrected chi connectivity index (χ0v) is 13.6. The number of rotatable bonds is 4. The fourth-order valence-corrected chi connectivity index (χ4v) is 4.70. The van der Waals surface area contributed by atoms with Crippen LogP contribution in [0.5, 0.6) is 0 Å². The maximum Gasteiger partial charge on any atom is 0.0704 e. The highest BCUT2D eigenvalue weighted by molar-refractivity contribution is 9.11. The number of benzene rings is 1. The summed E-state index contributed by atoms with van der Waals surface area (Å²) in [7, 11) is 0. The van der Waals surface area contributed by atoms with Gasteiger partial charge in [-0.2, -0.15) is 0 Å². The van der Waals surface area contributed by atoms with Crippen molar-refractivity contribution in [3.63, 3.8) is 0 Å². The van der Waals surface area contributed by atoms with E-state index in [1.165, 1.54) is 27.1 Å². The normalized spacial score (nSPS) is 19.6. The van der Waals surface area contributed by atoms with Gasteiger partial charge in [0, 0.05) is 10.9 Å². The monoisotopic (exact) mass is 351 g/mol. The second kappa shape index (κ2) is 6.39. The molecule has 1 aromatic carbocycles. The number of fused-ring (bicyclic) bond motifs is 1. The summed E-state index contributed by atoms with van der Waals surface area (Å²) in [5.74, 6) is 0.